The third kappa shape index (κ3) is 3.77. The van der Waals surface area contributed by atoms with Crippen LogP contribution >= 0.6 is 23.2 Å². The first kappa shape index (κ1) is 18.4. The predicted molar refractivity (Wildman–Crippen MR) is 96.6 cm³/mol. The number of hydrogen-bond acceptors (Lipinski definition) is 3. The van der Waals surface area contributed by atoms with Crippen molar-refractivity contribution in [2.75, 3.05) is 14.2 Å². The van der Waals surface area contributed by atoms with E-state index in [-0.39, 0.29) is 17.0 Å². The minimum absolute atomic E-state index is 0.243. The quantitative estimate of drug-likeness (QED) is 0.824. The highest BCUT2D eigenvalue weighted by molar-refractivity contribution is 6.43. The van der Waals surface area contributed by atoms with Crippen molar-refractivity contribution in [2.24, 2.45) is 0 Å². The van der Waals surface area contributed by atoms with E-state index in [4.69, 9.17) is 32.7 Å². The van der Waals surface area contributed by atoms with E-state index in [1.54, 1.807) is 32.4 Å². The van der Waals surface area contributed by atoms with Gasteiger partial charge in [-0.1, -0.05) is 29.3 Å². The van der Waals surface area contributed by atoms with E-state index in [0.717, 1.165) is 11.1 Å². The van der Waals surface area contributed by atoms with Crippen molar-refractivity contribution >= 4 is 29.1 Å². The summed E-state index contributed by atoms with van der Waals surface area (Å²) in [5.41, 5.74) is 2.26. The standard InChI is InChI=1S/C18H19Cl2NO3/c1-10-8-15(23-3)16(24-4)9-13(10)11(2)21-18(22)12-6-5-7-14(19)17(12)20/h5-9,11H,1-4H3,(H,21,22)/t11-/m0/s1. The fraction of sp³-hybridized carbons (Fsp3) is 0.278. The Bertz CT molecular complexity index is 762. The molecule has 0 aliphatic rings. The van der Waals surface area contributed by atoms with Crippen molar-refractivity contribution in [2.45, 2.75) is 19.9 Å². The second kappa shape index (κ2) is 7.77. The summed E-state index contributed by atoms with van der Waals surface area (Å²) in [6, 6.07) is 8.46. The maximum Gasteiger partial charge on any atom is 0.253 e. The molecule has 1 N–H and O–H groups in total. The topological polar surface area (TPSA) is 47.6 Å². The summed E-state index contributed by atoms with van der Waals surface area (Å²) in [6.07, 6.45) is 0. The number of rotatable bonds is 5. The summed E-state index contributed by atoms with van der Waals surface area (Å²) in [4.78, 5) is 12.5. The average molecular weight is 368 g/mol. The van der Waals surface area contributed by atoms with Gasteiger partial charge in [-0.2, -0.15) is 0 Å². The lowest BCUT2D eigenvalue weighted by Crippen LogP contribution is -2.27. The molecule has 6 heteroatoms. The Morgan fingerprint density at radius 1 is 1.12 bits per heavy atom. The first-order valence-corrected chi connectivity index (χ1v) is 8.12. The van der Waals surface area contributed by atoms with E-state index in [1.165, 1.54) is 0 Å². The maximum atomic E-state index is 12.5. The summed E-state index contributed by atoms with van der Waals surface area (Å²) in [7, 11) is 3.16. The minimum Gasteiger partial charge on any atom is -0.493 e. The van der Waals surface area contributed by atoms with E-state index in [1.807, 2.05) is 26.0 Å². The molecule has 0 aromatic heterocycles. The van der Waals surface area contributed by atoms with Crippen LogP contribution in [0, 0.1) is 6.92 Å². The number of ether oxygens (including phenoxy) is 2. The highest BCUT2D eigenvalue weighted by Gasteiger charge is 2.18. The molecule has 0 aliphatic carbocycles. The van der Waals surface area contributed by atoms with Gasteiger partial charge in [-0.3, -0.25) is 4.79 Å². The van der Waals surface area contributed by atoms with Crippen LogP contribution in [0.3, 0.4) is 0 Å². The van der Waals surface area contributed by atoms with Gasteiger partial charge >= 0.3 is 0 Å². The van der Waals surface area contributed by atoms with Gasteiger partial charge in [0.2, 0.25) is 0 Å². The molecule has 1 amide bonds. The van der Waals surface area contributed by atoms with Gasteiger partial charge in [0.25, 0.3) is 5.91 Å². The number of methoxy groups -OCH3 is 2. The third-order valence-electron chi connectivity index (χ3n) is 3.78. The SMILES string of the molecule is COc1cc(C)c([C@H](C)NC(=O)c2cccc(Cl)c2Cl)cc1OC. The van der Waals surface area contributed by atoms with Crippen LogP contribution in [0.25, 0.3) is 0 Å². The van der Waals surface area contributed by atoms with Crippen LogP contribution in [0.2, 0.25) is 10.0 Å². The molecule has 0 saturated carbocycles. The third-order valence-corrected chi connectivity index (χ3v) is 4.60. The number of nitrogens with one attached hydrogen (secondary N) is 1. The van der Waals surface area contributed by atoms with Gasteiger partial charge in [0, 0.05) is 0 Å². The summed E-state index contributed by atoms with van der Waals surface area (Å²) in [6.45, 7) is 3.84. The zero-order valence-electron chi connectivity index (χ0n) is 13.9. The van der Waals surface area contributed by atoms with E-state index < -0.39 is 0 Å². The van der Waals surface area contributed by atoms with Crippen LogP contribution in [-0.2, 0) is 0 Å². The van der Waals surface area contributed by atoms with Crippen molar-refractivity contribution in [3.8, 4) is 11.5 Å². The van der Waals surface area contributed by atoms with E-state index in [9.17, 15) is 4.79 Å². The smallest absolute Gasteiger partial charge is 0.253 e. The highest BCUT2D eigenvalue weighted by atomic mass is 35.5. The second-order valence-corrected chi connectivity index (χ2v) is 6.15. The summed E-state index contributed by atoms with van der Waals surface area (Å²) >= 11 is 12.1. The van der Waals surface area contributed by atoms with Crippen LogP contribution in [0.1, 0.15) is 34.5 Å². The Morgan fingerprint density at radius 2 is 1.75 bits per heavy atom. The Labute approximate surface area is 151 Å². The molecule has 1 atom stereocenters. The molecular weight excluding hydrogens is 349 g/mol. The van der Waals surface area contributed by atoms with Gasteiger partial charge in [0.15, 0.2) is 11.5 Å². The molecule has 0 spiro atoms. The van der Waals surface area contributed by atoms with Crippen molar-refractivity contribution in [3.63, 3.8) is 0 Å². The van der Waals surface area contributed by atoms with Gasteiger partial charge in [0.05, 0.1) is 35.9 Å². The Morgan fingerprint density at radius 3 is 2.38 bits per heavy atom. The van der Waals surface area contributed by atoms with Crippen LogP contribution in [0.4, 0.5) is 0 Å². The largest absolute Gasteiger partial charge is 0.493 e. The summed E-state index contributed by atoms with van der Waals surface area (Å²) in [5, 5.41) is 3.52. The number of benzene rings is 2. The Hall–Kier alpha value is -1.91. The Balaban J connectivity index is 2.28. The number of hydrogen-bond donors (Lipinski definition) is 1. The molecule has 2 aromatic rings. The van der Waals surface area contributed by atoms with E-state index >= 15 is 0 Å². The van der Waals surface area contributed by atoms with Crippen molar-refractivity contribution in [1.82, 2.24) is 5.32 Å². The highest BCUT2D eigenvalue weighted by Crippen LogP contribution is 2.33. The number of carbonyl (C=O) groups excluding carboxylic acids is 1. The monoisotopic (exact) mass is 367 g/mol. The zero-order chi connectivity index (χ0) is 17.9. The average Bonchev–Trinajstić information content (AvgIpc) is 2.56. The summed E-state index contributed by atoms with van der Waals surface area (Å²) < 4.78 is 10.6. The fourth-order valence-corrected chi connectivity index (χ4v) is 2.88. The molecule has 128 valence electrons. The van der Waals surface area contributed by atoms with Crippen molar-refractivity contribution in [1.29, 1.82) is 0 Å². The Kier molecular flexibility index (Phi) is 5.97. The fourth-order valence-electron chi connectivity index (χ4n) is 2.49. The molecule has 2 aromatic carbocycles. The first-order valence-electron chi connectivity index (χ1n) is 7.36. The zero-order valence-corrected chi connectivity index (χ0v) is 15.5. The predicted octanol–water partition coefficient (Wildman–Crippen LogP) is 4.81. The van der Waals surface area contributed by atoms with Crippen molar-refractivity contribution in [3.05, 3.63) is 57.1 Å². The van der Waals surface area contributed by atoms with Gasteiger partial charge < -0.3 is 14.8 Å². The molecule has 0 fully saturated rings. The molecule has 0 aliphatic heterocycles. The van der Waals surface area contributed by atoms with E-state index in [0.29, 0.717) is 22.1 Å². The van der Waals surface area contributed by atoms with Gasteiger partial charge in [-0.15, -0.1) is 0 Å². The van der Waals surface area contributed by atoms with Gasteiger partial charge in [0.1, 0.15) is 0 Å². The molecule has 0 bridgehead atoms. The van der Waals surface area contributed by atoms with Crippen molar-refractivity contribution < 1.29 is 14.3 Å². The molecule has 0 heterocycles. The molecular formula is C18H19Cl2NO3. The molecule has 0 unspecified atom stereocenters. The number of amides is 1. The molecule has 4 nitrogen and oxygen atoms in total. The van der Waals surface area contributed by atoms with Crippen LogP contribution in [0.15, 0.2) is 30.3 Å². The van der Waals surface area contributed by atoms with Crippen LogP contribution in [-0.4, -0.2) is 20.1 Å². The second-order valence-electron chi connectivity index (χ2n) is 5.36. The number of aryl methyl sites for hydroxylation is 1. The molecule has 2 rings (SSSR count). The normalized spacial score (nSPS) is 11.8. The molecule has 0 radical (unpaired) electrons. The minimum atomic E-state index is -0.288. The maximum absolute atomic E-state index is 12.5. The first-order chi connectivity index (χ1) is 11.4. The van der Waals surface area contributed by atoms with Crippen LogP contribution < -0.4 is 14.8 Å². The molecule has 24 heavy (non-hydrogen) atoms. The van der Waals surface area contributed by atoms with E-state index in [2.05, 4.69) is 5.32 Å². The number of carbonyl (C=O) groups is 1. The lowest BCUT2D eigenvalue weighted by Gasteiger charge is -2.19. The summed E-state index contributed by atoms with van der Waals surface area (Å²) in [5.74, 6) is 0.972. The molecule has 0 saturated heterocycles. The lowest BCUT2D eigenvalue weighted by molar-refractivity contribution is 0.0940. The van der Waals surface area contributed by atoms with Crippen LogP contribution in [0.5, 0.6) is 11.5 Å². The van der Waals surface area contributed by atoms with Gasteiger partial charge in [-0.25, -0.2) is 0 Å². The van der Waals surface area contributed by atoms with Gasteiger partial charge in [-0.05, 0) is 49.2 Å². The lowest BCUT2D eigenvalue weighted by atomic mass is 10.0. The number of halogens is 2.